The summed E-state index contributed by atoms with van der Waals surface area (Å²) in [4.78, 5) is 33.1. The number of fused-ring (bicyclic) bond motifs is 1. The Balaban J connectivity index is 1.26. The van der Waals surface area contributed by atoms with Crippen molar-refractivity contribution in [2.24, 2.45) is 16.6 Å². The normalized spacial score (nSPS) is 15.1. The smallest absolute Gasteiger partial charge is 0.250 e. The van der Waals surface area contributed by atoms with E-state index in [9.17, 15) is 23.1 Å². The molecule has 0 bridgehead atoms. The second-order valence-electron chi connectivity index (χ2n) is 12.3. The zero-order valence-electron chi connectivity index (χ0n) is 27.6. The molecule has 11 heteroatoms. The van der Waals surface area contributed by atoms with E-state index < -0.39 is 10.0 Å². The maximum absolute atomic E-state index is 13.8. The van der Waals surface area contributed by atoms with Crippen molar-refractivity contribution in [2.75, 3.05) is 39.4 Å². The summed E-state index contributed by atoms with van der Waals surface area (Å²) in [5.41, 5.74) is 10.4. The molecule has 10 nitrogen and oxygen atoms in total. The number of Topliss-reactive ketones (excluding diaryl/α,β-unsaturated/α-hetero) is 1. The van der Waals surface area contributed by atoms with Gasteiger partial charge in [0.25, 0.3) is 0 Å². The van der Waals surface area contributed by atoms with Crippen molar-refractivity contribution in [3.8, 4) is 16.9 Å². The number of aliphatic imine (C=N–C) groups is 1. The summed E-state index contributed by atoms with van der Waals surface area (Å²) < 4.78 is 33.1. The van der Waals surface area contributed by atoms with E-state index in [-0.39, 0.29) is 35.5 Å². The Morgan fingerprint density at radius 3 is 2.46 bits per heavy atom. The first-order chi connectivity index (χ1) is 23.1. The molecule has 1 saturated heterocycles. The minimum Gasteiger partial charge on any atom is -0.494 e. The number of hydrogen-bond acceptors (Lipinski definition) is 8. The van der Waals surface area contributed by atoms with Gasteiger partial charge < -0.3 is 20.5 Å². The number of amides is 1. The first-order valence-corrected chi connectivity index (χ1v) is 18.0. The minimum atomic E-state index is -3.66. The third-order valence-electron chi connectivity index (χ3n) is 8.61. The van der Waals surface area contributed by atoms with Gasteiger partial charge in [-0.2, -0.15) is 4.31 Å². The second-order valence-corrected chi connectivity index (χ2v) is 14.2. The lowest BCUT2D eigenvalue weighted by Crippen LogP contribution is -2.51. The molecule has 3 N–H and O–H groups in total. The van der Waals surface area contributed by atoms with Crippen molar-refractivity contribution in [1.29, 1.82) is 0 Å². The number of aliphatic hydroxyl groups is 1. The maximum Gasteiger partial charge on any atom is 0.250 e. The van der Waals surface area contributed by atoms with E-state index in [0.717, 1.165) is 23.3 Å². The molecule has 0 unspecified atom stereocenters. The van der Waals surface area contributed by atoms with E-state index in [0.29, 0.717) is 80.3 Å². The van der Waals surface area contributed by atoms with Crippen LogP contribution in [0.25, 0.3) is 17.2 Å². The highest BCUT2D eigenvalue weighted by molar-refractivity contribution is 7.89. The second kappa shape index (κ2) is 15.7. The number of ether oxygens (including phenoxy) is 1. The zero-order chi connectivity index (χ0) is 34.3. The van der Waals surface area contributed by atoms with Gasteiger partial charge in [-0.05, 0) is 85.9 Å². The van der Waals surface area contributed by atoms with Crippen LogP contribution in [0.1, 0.15) is 61.9 Å². The number of nitrogens with zero attached hydrogens (tertiary/aromatic N) is 3. The number of nitrogens with two attached hydrogens (primary N) is 1. The molecule has 3 aromatic carbocycles. The number of rotatable bonds is 15. The first kappa shape index (κ1) is 35.0. The van der Waals surface area contributed by atoms with Crippen LogP contribution in [0, 0.1) is 5.92 Å². The van der Waals surface area contributed by atoms with Crippen LogP contribution in [0.4, 0.5) is 5.69 Å². The van der Waals surface area contributed by atoms with Crippen LogP contribution in [0.15, 0.2) is 82.2 Å². The maximum atomic E-state index is 13.8. The van der Waals surface area contributed by atoms with Gasteiger partial charge in [-0.3, -0.25) is 9.59 Å². The Labute approximate surface area is 283 Å². The van der Waals surface area contributed by atoms with Crippen LogP contribution < -0.4 is 10.5 Å². The van der Waals surface area contributed by atoms with Crippen molar-refractivity contribution in [2.45, 2.75) is 50.8 Å². The molecule has 0 saturated carbocycles. The Morgan fingerprint density at radius 2 is 1.75 bits per heavy atom. The van der Waals surface area contributed by atoms with Crippen LogP contribution in [-0.4, -0.2) is 79.6 Å². The highest BCUT2D eigenvalue weighted by Crippen LogP contribution is 2.34. The summed E-state index contributed by atoms with van der Waals surface area (Å²) in [5, 5.41) is 9.30. The fraction of sp³-hybridized carbons (Fsp3) is 0.378. The SMILES string of the molecule is CCCN(CCCCC(=O)c1ccc(OCC)cc1)C(=O)C1=Cc2ccc(-c3cccc(S(=O)(=O)N4CC(CO)C4)c3)cc2N=C(N)C1. The number of amidine groups is 1. The lowest BCUT2D eigenvalue weighted by atomic mass is 10.0. The number of carbonyl (C=O) groups is 2. The summed E-state index contributed by atoms with van der Waals surface area (Å²) in [6.45, 7) is 6.22. The summed E-state index contributed by atoms with van der Waals surface area (Å²) in [6.07, 6.45) is 4.60. The zero-order valence-corrected chi connectivity index (χ0v) is 28.4. The molecule has 0 aliphatic carbocycles. The predicted molar refractivity (Wildman–Crippen MR) is 188 cm³/mol. The van der Waals surface area contributed by atoms with Gasteiger partial charge in [0.15, 0.2) is 5.78 Å². The van der Waals surface area contributed by atoms with Crippen LogP contribution >= 0.6 is 0 Å². The van der Waals surface area contributed by atoms with Crippen LogP contribution in [0.5, 0.6) is 5.75 Å². The number of unbranched alkanes of at least 4 members (excludes halogenated alkanes) is 1. The summed E-state index contributed by atoms with van der Waals surface area (Å²) in [7, 11) is -3.66. The standard InChI is InChI=1S/C37H44N4O6S/c1-3-17-40(18-6-5-10-35(43)27-13-15-32(16-14-27)47-4-2)37(44)31-19-30-12-11-29(21-34(30)39-36(38)22-31)28-8-7-9-33(20-28)48(45,46)41-23-26(24-41)25-42/h7-9,11-16,19-21,26,42H,3-6,10,17-18,22-25H2,1-2H3,(H2,38,39). The van der Waals surface area contributed by atoms with Gasteiger partial charge in [-0.15, -0.1) is 0 Å². The molecule has 0 atom stereocenters. The summed E-state index contributed by atoms with van der Waals surface area (Å²) >= 11 is 0. The van der Waals surface area contributed by atoms with Crippen molar-refractivity contribution in [3.63, 3.8) is 0 Å². The quantitative estimate of drug-likeness (QED) is 0.162. The van der Waals surface area contributed by atoms with Crippen LogP contribution in [0.3, 0.4) is 0 Å². The molecular formula is C37H44N4O6S. The lowest BCUT2D eigenvalue weighted by Gasteiger charge is -2.36. The molecular weight excluding hydrogens is 628 g/mol. The molecule has 0 radical (unpaired) electrons. The van der Waals surface area contributed by atoms with Crippen LogP contribution in [0.2, 0.25) is 0 Å². The van der Waals surface area contributed by atoms with Crippen molar-refractivity contribution < 1.29 is 27.9 Å². The number of sulfonamides is 1. The predicted octanol–water partition coefficient (Wildman–Crippen LogP) is 5.43. The Kier molecular flexibility index (Phi) is 11.5. The fourth-order valence-electron chi connectivity index (χ4n) is 5.95. The molecule has 2 aliphatic rings. The van der Waals surface area contributed by atoms with E-state index in [4.69, 9.17) is 10.5 Å². The number of carbonyl (C=O) groups excluding carboxylic acids is 2. The topological polar surface area (TPSA) is 143 Å². The van der Waals surface area contributed by atoms with Crippen molar-refractivity contribution in [3.05, 3.63) is 83.4 Å². The summed E-state index contributed by atoms with van der Waals surface area (Å²) in [5.74, 6) is 0.996. The van der Waals surface area contributed by atoms with Gasteiger partial charge in [0.2, 0.25) is 15.9 Å². The molecule has 48 heavy (non-hydrogen) atoms. The summed E-state index contributed by atoms with van der Waals surface area (Å²) in [6, 6.07) is 19.6. The Morgan fingerprint density at radius 1 is 1.00 bits per heavy atom. The fourth-order valence-corrected chi connectivity index (χ4v) is 7.59. The molecule has 5 rings (SSSR count). The third kappa shape index (κ3) is 8.21. The Hall–Kier alpha value is -4.32. The number of ketones is 1. The highest BCUT2D eigenvalue weighted by atomic mass is 32.2. The van der Waals surface area contributed by atoms with Gasteiger partial charge >= 0.3 is 0 Å². The highest BCUT2D eigenvalue weighted by Gasteiger charge is 2.36. The molecule has 1 fully saturated rings. The van der Waals surface area contributed by atoms with Gasteiger partial charge in [0, 0.05) is 68.2 Å². The minimum absolute atomic E-state index is 0.0269. The molecule has 0 spiro atoms. The first-order valence-electron chi connectivity index (χ1n) is 16.6. The molecule has 0 aromatic heterocycles. The van der Waals surface area contributed by atoms with Crippen molar-refractivity contribution in [1.82, 2.24) is 9.21 Å². The van der Waals surface area contributed by atoms with E-state index in [1.807, 2.05) is 49.1 Å². The lowest BCUT2D eigenvalue weighted by molar-refractivity contribution is -0.127. The van der Waals surface area contributed by atoms with E-state index in [1.54, 1.807) is 42.5 Å². The van der Waals surface area contributed by atoms with E-state index >= 15 is 0 Å². The number of aliphatic hydroxyl groups excluding tert-OH is 1. The number of benzene rings is 3. The average Bonchev–Trinajstić information content (AvgIpc) is 3.23. The average molecular weight is 673 g/mol. The van der Waals surface area contributed by atoms with E-state index in [2.05, 4.69) is 4.99 Å². The van der Waals surface area contributed by atoms with Crippen LogP contribution in [-0.2, 0) is 14.8 Å². The van der Waals surface area contributed by atoms with E-state index in [1.165, 1.54) is 4.31 Å². The van der Waals surface area contributed by atoms with Gasteiger partial charge in [0.1, 0.15) is 11.6 Å². The molecule has 2 aliphatic heterocycles. The Bertz CT molecular complexity index is 1800. The van der Waals surface area contributed by atoms with Gasteiger partial charge in [-0.25, -0.2) is 13.4 Å². The van der Waals surface area contributed by atoms with Gasteiger partial charge in [0.05, 0.1) is 17.2 Å². The molecule has 254 valence electrons. The monoisotopic (exact) mass is 672 g/mol. The van der Waals surface area contributed by atoms with Gasteiger partial charge in [-0.1, -0.05) is 31.2 Å². The molecule has 2 heterocycles. The number of hydrogen-bond donors (Lipinski definition) is 2. The van der Waals surface area contributed by atoms with Crippen molar-refractivity contribution >= 4 is 39.3 Å². The molecule has 3 aromatic rings. The molecule has 1 amide bonds. The largest absolute Gasteiger partial charge is 0.494 e. The third-order valence-corrected chi connectivity index (χ3v) is 10.4.